The van der Waals surface area contributed by atoms with Crippen LogP contribution in [0.1, 0.15) is 12.8 Å². The summed E-state index contributed by atoms with van der Waals surface area (Å²) in [5, 5.41) is 3.27. The Kier molecular flexibility index (Phi) is 4.13. The maximum Gasteiger partial charge on any atom is 0.335 e. The Balaban J connectivity index is 0.00000112. The molecule has 2 aliphatic heterocycles. The molecular weight excluding hydrogens is 218 g/mol. The van der Waals surface area contributed by atoms with Gasteiger partial charge in [0.05, 0.1) is 24.9 Å². The van der Waals surface area contributed by atoms with Crippen molar-refractivity contribution in [3.05, 3.63) is 11.6 Å². The third-order valence-corrected chi connectivity index (χ3v) is 2.85. The molecule has 1 N–H and O–H groups in total. The van der Waals surface area contributed by atoms with Crippen LogP contribution < -0.4 is 5.32 Å². The minimum absolute atomic E-state index is 0. The van der Waals surface area contributed by atoms with E-state index in [2.05, 4.69) is 10.1 Å². The van der Waals surface area contributed by atoms with Gasteiger partial charge in [-0.25, -0.2) is 4.79 Å². The number of nitrogens with one attached hydrogen (secondary N) is 1. The van der Waals surface area contributed by atoms with Gasteiger partial charge >= 0.3 is 5.97 Å². The summed E-state index contributed by atoms with van der Waals surface area (Å²) >= 11 is 0. The van der Waals surface area contributed by atoms with Crippen LogP contribution in [0.4, 0.5) is 0 Å². The Hall–Kier alpha value is -0.580. The summed E-state index contributed by atoms with van der Waals surface area (Å²) in [7, 11) is 1.40. The molecule has 0 amide bonds. The van der Waals surface area contributed by atoms with E-state index in [9.17, 15) is 4.79 Å². The highest BCUT2D eigenvalue weighted by Crippen LogP contribution is 2.31. The van der Waals surface area contributed by atoms with Crippen molar-refractivity contribution in [3.63, 3.8) is 0 Å². The Morgan fingerprint density at radius 1 is 1.53 bits per heavy atom. The molecule has 0 saturated carbocycles. The molecule has 0 atom stereocenters. The molecule has 5 heteroatoms. The molecule has 0 unspecified atom stereocenters. The number of methoxy groups -OCH3 is 1. The first-order chi connectivity index (χ1) is 6.76. The normalized spacial score (nSPS) is 23.1. The number of ether oxygens (including phenoxy) is 2. The Bertz CT molecular complexity index is 272. The van der Waals surface area contributed by atoms with E-state index in [1.54, 1.807) is 0 Å². The van der Waals surface area contributed by atoms with E-state index < -0.39 is 0 Å². The van der Waals surface area contributed by atoms with Crippen LogP contribution in [-0.2, 0) is 14.3 Å². The smallest absolute Gasteiger partial charge is 0.335 e. The van der Waals surface area contributed by atoms with Crippen molar-refractivity contribution in [3.8, 4) is 0 Å². The molecule has 0 aliphatic carbocycles. The molecular formula is C10H16ClNO3. The number of carbonyl (C=O) groups is 1. The molecule has 2 heterocycles. The maximum absolute atomic E-state index is 11.3. The highest BCUT2D eigenvalue weighted by molar-refractivity contribution is 5.89. The van der Waals surface area contributed by atoms with Crippen molar-refractivity contribution in [1.82, 2.24) is 5.32 Å². The van der Waals surface area contributed by atoms with Crippen molar-refractivity contribution in [2.75, 3.05) is 26.8 Å². The monoisotopic (exact) mass is 233 g/mol. The number of hydrogen-bond acceptors (Lipinski definition) is 4. The first kappa shape index (κ1) is 12.5. The van der Waals surface area contributed by atoms with Crippen LogP contribution in [0.2, 0.25) is 0 Å². The van der Waals surface area contributed by atoms with Gasteiger partial charge in [0.25, 0.3) is 0 Å². The van der Waals surface area contributed by atoms with Gasteiger partial charge in [0.2, 0.25) is 0 Å². The van der Waals surface area contributed by atoms with Gasteiger partial charge in [-0.15, -0.1) is 12.4 Å². The highest BCUT2D eigenvalue weighted by atomic mass is 35.5. The van der Waals surface area contributed by atoms with E-state index >= 15 is 0 Å². The predicted octanol–water partition coefficient (Wildman–Crippen LogP) is 0.660. The van der Waals surface area contributed by atoms with Gasteiger partial charge in [-0.1, -0.05) is 0 Å². The second kappa shape index (κ2) is 4.96. The Labute approximate surface area is 95.4 Å². The van der Waals surface area contributed by atoms with Crippen LogP contribution in [0.25, 0.3) is 0 Å². The minimum atomic E-state index is -0.264. The second-order valence-electron chi connectivity index (χ2n) is 3.76. The average molecular weight is 234 g/mol. The fourth-order valence-electron chi connectivity index (χ4n) is 2.01. The van der Waals surface area contributed by atoms with Gasteiger partial charge in [0, 0.05) is 0 Å². The molecule has 15 heavy (non-hydrogen) atoms. The topological polar surface area (TPSA) is 47.6 Å². The lowest BCUT2D eigenvalue weighted by molar-refractivity contribution is -0.136. The maximum atomic E-state index is 11.3. The van der Waals surface area contributed by atoms with E-state index in [-0.39, 0.29) is 24.0 Å². The van der Waals surface area contributed by atoms with Crippen LogP contribution in [-0.4, -0.2) is 38.4 Å². The van der Waals surface area contributed by atoms with Gasteiger partial charge in [0.15, 0.2) is 0 Å². The molecule has 2 rings (SSSR count). The van der Waals surface area contributed by atoms with Crippen LogP contribution in [0.5, 0.6) is 0 Å². The van der Waals surface area contributed by atoms with Gasteiger partial charge < -0.3 is 14.8 Å². The fraction of sp³-hybridized carbons (Fsp3) is 0.700. The lowest BCUT2D eigenvalue weighted by Crippen LogP contribution is -2.40. The predicted molar refractivity (Wildman–Crippen MR) is 58.1 cm³/mol. The lowest BCUT2D eigenvalue weighted by atomic mass is 9.92. The van der Waals surface area contributed by atoms with Gasteiger partial charge in [-0.2, -0.15) is 0 Å². The number of carbonyl (C=O) groups excluding carboxylic acids is 1. The summed E-state index contributed by atoms with van der Waals surface area (Å²) in [6.45, 7) is 2.29. The summed E-state index contributed by atoms with van der Waals surface area (Å²) < 4.78 is 10.3. The molecule has 4 nitrogen and oxygen atoms in total. The standard InChI is InChI=1S/C10H15NO3.ClH/c1-13-9(12)8-6-10(14-7-8)2-4-11-5-3-10;/h6,11H,2-5,7H2,1H3;1H. The van der Waals surface area contributed by atoms with E-state index in [1.807, 2.05) is 6.08 Å². The zero-order valence-electron chi connectivity index (χ0n) is 8.75. The van der Waals surface area contributed by atoms with E-state index in [0.29, 0.717) is 12.2 Å². The van der Waals surface area contributed by atoms with E-state index in [1.165, 1.54) is 7.11 Å². The zero-order chi connectivity index (χ0) is 10.0. The molecule has 1 spiro atoms. The average Bonchev–Trinajstić information content (AvgIpc) is 2.62. The third-order valence-electron chi connectivity index (χ3n) is 2.85. The molecule has 1 saturated heterocycles. The molecule has 2 aliphatic rings. The van der Waals surface area contributed by atoms with Crippen LogP contribution >= 0.6 is 12.4 Å². The summed E-state index contributed by atoms with van der Waals surface area (Å²) in [6, 6.07) is 0. The van der Waals surface area contributed by atoms with Gasteiger partial charge in [0.1, 0.15) is 0 Å². The van der Waals surface area contributed by atoms with Crippen LogP contribution in [0.3, 0.4) is 0 Å². The first-order valence-corrected chi connectivity index (χ1v) is 4.90. The van der Waals surface area contributed by atoms with Crippen molar-refractivity contribution >= 4 is 18.4 Å². The largest absolute Gasteiger partial charge is 0.466 e. The minimum Gasteiger partial charge on any atom is -0.466 e. The first-order valence-electron chi connectivity index (χ1n) is 4.90. The van der Waals surface area contributed by atoms with Crippen LogP contribution in [0, 0.1) is 0 Å². The second-order valence-corrected chi connectivity index (χ2v) is 3.76. The number of esters is 1. The molecule has 1 fully saturated rings. The summed E-state index contributed by atoms with van der Waals surface area (Å²) in [5.74, 6) is -0.264. The molecule has 86 valence electrons. The summed E-state index contributed by atoms with van der Waals surface area (Å²) in [4.78, 5) is 11.3. The van der Waals surface area contributed by atoms with Crippen molar-refractivity contribution in [1.29, 1.82) is 0 Å². The quantitative estimate of drug-likeness (QED) is 0.676. The van der Waals surface area contributed by atoms with Crippen molar-refractivity contribution < 1.29 is 14.3 Å². The highest BCUT2D eigenvalue weighted by Gasteiger charge is 2.37. The van der Waals surface area contributed by atoms with Crippen molar-refractivity contribution in [2.45, 2.75) is 18.4 Å². The Morgan fingerprint density at radius 3 is 2.80 bits per heavy atom. The fourth-order valence-corrected chi connectivity index (χ4v) is 2.01. The third kappa shape index (κ3) is 2.51. The van der Waals surface area contributed by atoms with E-state index in [0.717, 1.165) is 25.9 Å². The summed E-state index contributed by atoms with van der Waals surface area (Å²) in [6.07, 6.45) is 3.82. The Morgan fingerprint density at radius 2 is 2.20 bits per heavy atom. The SMILES string of the molecule is COC(=O)C1=CC2(CCNCC2)OC1.Cl. The number of piperidine rings is 1. The molecule has 0 radical (unpaired) electrons. The molecule has 0 aromatic heterocycles. The number of rotatable bonds is 1. The number of hydrogen-bond donors (Lipinski definition) is 1. The van der Waals surface area contributed by atoms with Gasteiger partial charge in [-0.3, -0.25) is 0 Å². The zero-order valence-corrected chi connectivity index (χ0v) is 9.56. The van der Waals surface area contributed by atoms with E-state index in [4.69, 9.17) is 4.74 Å². The number of halogens is 1. The molecule has 0 aromatic carbocycles. The summed E-state index contributed by atoms with van der Waals surface area (Å²) in [5.41, 5.74) is 0.462. The lowest BCUT2D eigenvalue weighted by Gasteiger charge is -2.31. The van der Waals surface area contributed by atoms with Gasteiger partial charge in [-0.05, 0) is 32.0 Å². The van der Waals surface area contributed by atoms with Crippen molar-refractivity contribution in [2.24, 2.45) is 0 Å². The molecule has 0 bridgehead atoms. The van der Waals surface area contributed by atoms with Crippen LogP contribution in [0.15, 0.2) is 11.6 Å². The molecule has 0 aromatic rings.